The molecule has 0 radical (unpaired) electrons. The third kappa shape index (κ3) is 7.18. The van der Waals surface area contributed by atoms with Crippen LogP contribution in [0.25, 0.3) is 0 Å². The van der Waals surface area contributed by atoms with Crippen molar-refractivity contribution < 1.29 is 18.0 Å². The minimum atomic E-state index is -3.62. The smallest absolute Gasteiger partial charge is 0.319 e. The molecular formula is C29H38N6O4S. The van der Waals surface area contributed by atoms with Crippen LogP contribution < -0.4 is 15.4 Å². The molecule has 1 saturated carbocycles. The van der Waals surface area contributed by atoms with Crippen LogP contribution in [0.2, 0.25) is 0 Å². The van der Waals surface area contributed by atoms with E-state index < -0.39 is 22.3 Å². The Hall–Kier alpha value is -3.46. The fourth-order valence-corrected chi connectivity index (χ4v) is 6.26. The molecule has 0 spiro atoms. The van der Waals surface area contributed by atoms with Gasteiger partial charge in [0.25, 0.3) is 16.1 Å². The highest BCUT2D eigenvalue weighted by molar-refractivity contribution is 7.87. The standard InChI is InChI=1S/C29H38N6O4S/c1-20-8-11-24(28(36)35-16-14-23(15-17-35)22-12-9-21(19-30)10-13-22)18-27(20)32-29(37)31-25-6-4-5-7-26(25)33-40(38,39)34(2)3/h8-13,18,23,25-26,33H,4-7,14-17H2,1-3H3,(H2,31,32,37)/t25-,26-/m0/s1. The maximum atomic E-state index is 13.3. The molecular weight excluding hydrogens is 528 g/mol. The van der Waals surface area contributed by atoms with Crippen molar-refractivity contribution in [2.24, 2.45) is 0 Å². The van der Waals surface area contributed by atoms with Gasteiger partial charge in [-0.15, -0.1) is 0 Å². The van der Waals surface area contributed by atoms with E-state index in [1.807, 2.05) is 42.2 Å². The van der Waals surface area contributed by atoms with E-state index in [0.717, 1.165) is 35.6 Å². The van der Waals surface area contributed by atoms with Gasteiger partial charge in [-0.3, -0.25) is 4.79 Å². The van der Waals surface area contributed by atoms with Crippen LogP contribution in [-0.4, -0.2) is 68.8 Å². The number of piperidine rings is 1. The fourth-order valence-electron chi connectivity index (χ4n) is 5.39. The van der Waals surface area contributed by atoms with E-state index in [2.05, 4.69) is 21.4 Å². The van der Waals surface area contributed by atoms with Crippen LogP contribution in [0.5, 0.6) is 0 Å². The topological polar surface area (TPSA) is 135 Å². The number of amides is 3. The van der Waals surface area contributed by atoms with Crippen LogP contribution >= 0.6 is 0 Å². The summed E-state index contributed by atoms with van der Waals surface area (Å²) in [4.78, 5) is 28.1. The van der Waals surface area contributed by atoms with Gasteiger partial charge < -0.3 is 15.5 Å². The number of urea groups is 1. The average molecular weight is 567 g/mol. The number of nitrogens with zero attached hydrogens (tertiary/aromatic N) is 3. The van der Waals surface area contributed by atoms with Crippen molar-refractivity contribution in [2.45, 2.75) is 63.5 Å². The number of carbonyl (C=O) groups excluding carboxylic acids is 2. The van der Waals surface area contributed by atoms with Gasteiger partial charge >= 0.3 is 6.03 Å². The van der Waals surface area contributed by atoms with Crippen LogP contribution in [0.1, 0.15) is 71.5 Å². The summed E-state index contributed by atoms with van der Waals surface area (Å²) in [5.74, 6) is 0.272. The summed E-state index contributed by atoms with van der Waals surface area (Å²) >= 11 is 0. The number of hydrogen-bond donors (Lipinski definition) is 3. The van der Waals surface area contributed by atoms with Crippen molar-refractivity contribution in [3.05, 3.63) is 64.7 Å². The zero-order chi connectivity index (χ0) is 28.9. The Balaban J connectivity index is 1.36. The second-order valence-corrected chi connectivity index (χ2v) is 12.7. The van der Waals surface area contributed by atoms with E-state index in [1.54, 1.807) is 12.1 Å². The highest BCUT2D eigenvalue weighted by Gasteiger charge is 2.31. The lowest BCUT2D eigenvalue weighted by Crippen LogP contribution is -2.55. The molecule has 4 rings (SSSR count). The summed E-state index contributed by atoms with van der Waals surface area (Å²) < 4.78 is 28.5. The number of nitriles is 1. The van der Waals surface area contributed by atoms with E-state index in [9.17, 15) is 18.0 Å². The van der Waals surface area contributed by atoms with E-state index in [0.29, 0.717) is 48.7 Å². The minimum absolute atomic E-state index is 0.0767. The zero-order valence-electron chi connectivity index (χ0n) is 23.3. The largest absolute Gasteiger partial charge is 0.339 e. The highest BCUT2D eigenvalue weighted by atomic mass is 32.2. The van der Waals surface area contributed by atoms with E-state index in [4.69, 9.17) is 5.26 Å². The third-order valence-corrected chi connectivity index (χ3v) is 9.45. The van der Waals surface area contributed by atoms with Gasteiger partial charge in [0.05, 0.1) is 11.6 Å². The Morgan fingerprint density at radius 3 is 2.25 bits per heavy atom. The van der Waals surface area contributed by atoms with Gasteiger partial charge in [0, 0.05) is 50.5 Å². The molecule has 0 unspecified atom stereocenters. The molecule has 0 bridgehead atoms. The molecule has 1 saturated heterocycles. The van der Waals surface area contributed by atoms with Gasteiger partial charge in [-0.2, -0.15) is 22.7 Å². The summed E-state index contributed by atoms with van der Waals surface area (Å²) in [7, 11) is -0.688. The van der Waals surface area contributed by atoms with Gasteiger partial charge in [-0.25, -0.2) is 4.79 Å². The van der Waals surface area contributed by atoms with Gasteiger partial charge in [0.1, 0.15) is 0 Å². The molecule has 3 N–H and O–H groups in total. The number of hydrogen-bond acceptors (Lipinski definition) is 5. The van der Waals surface area contributed by atoms with Crippen LogP contribution in [0.4, 0.5) is 10.5 Å². The van der Waals surface area contributed by atoms with Crippen molar-refractivity contribution >= 4 is 27.8 Å². The first-order valence-corrected chi connectivity index (χ1v) is 15.2. The first-order chi connectivity index (χ1) is 19.1. The number of anilines is 1. The molecule has 1 aliphatic heterocycles. The summed E-state index contributed by atoms with van der Waals surface area (Å²) in [6.07, 6.45) is 4.78. The molecule has 11 heteroatoms. The lowest BCUT2D eigenvalue weighted by molar-refractivity contribution is 0.0713. The molecule has 3 amide bonds. The van der Waals surface area contributed by atoms with Crippen LogP contribution in [0.3, 0.4) is 0 Å². The van der Waals surface area contributed by atoms with Gasteiger partial charge in [-0.05, 0) is 73.9 Å². The Kier molecular flexibility index (Phi) is 9.45. The predicted octanol–water partition coefficient (Wildman–Crippen LogP) is 3.72. The van der Waals surface area contributed by atoms with Crippen LogP contribution in [-0.2, 0) is 10.2 Å². The molecule has 214 valence electrons. The van der Waals surface area contributed by atoms with Gasteiger partial charge in [-0.1, -0.05) is 31.0 Å². The third-order valence-electron chi connectivity index (χ3n) is 7.89. The quantitative estimate of drug-likeness (QED) is 0.470. The first-order valence-electron chi connectivity index (χ1n) is 13.7. The minimum Gasteiger partial charge on any atom is -0.339 e. The molecule has 2 aromatic rings. The van der Waals surface area contributed by atoms with Crippen molar-refractivity contribution in [3.63, 3.8) is 0 Å². The number of benzene rings is 2. The summed E-state index contributed by atoms with van der Waals surface area (Å²) in [6.45, 7) is 3.13. The number of rotatable bonds is 7. The van der Waals surface area contributed by atoms with E-state index >= 15 is 0 Å². The SMILES string of the molecule is Cc1ccc(C(=O)N2CCC(c3ccc(C#N)cc3)CC2)cc1NC(=O)N[C@H]1CCCC[C@@H]1NS(=O)(=O)N(C)C. The van der Waals surface area contributed by atoms with Crippen molar-refractivity contribution in [1.29, 1.82) is 5.26 Å². The second-order valence-electron chi connectivity index (χ2n) is 10.8. The zero-order valence-corrected chi connectivity index (χ0v) is 24.1. The maximum absolute atomic E-state index is 13.3. The molecule has 0 aromatic heterocycles. The first kappa shape index (κ1) is 29.5. The van der Waals surface area contributed by atoms with Crippen molar-refractivity contribution in [2.75, 3.05) is 32.5 Å². The number of likely N-dealkylation sites (tertiary alicyclic amines) is 1. The van der Waals surface area contributed by atoms with Gasteiger partial charge in [0.15, 0.2) is 0 Å². The fraction of sp³-hybridized carbons (Fsp3) is 0.483. The molecule has 1 aliphatic carbocycles. The lowest BCUT2D eigenvalue weighted by Gasteiger charge is -2.33. The van der Waals surface area contributed by atoms with Crippen molar-refractivity contribution in [1.82, 2.24) is 19.2 Å². The Labute approximate surface area is 236 Å². The van der Waals surface area contributed by atoms with Crippen molar-refractivity contribution in [3.8, 4) is 6.07 Å². The van der Waals surface area contributed by atoms with E-state index in [1.165, 1.54) is 19.7 Å². The number of aryl methyl sites for hydroxylation is 1. The lowest BCUT2D eigenvalue weighted by atomic mass is 9.89. The molecule has 2 aliphatic rings. The normalized spacial score (nSPS) is 20.1. The highest BCUT2D eigenvalue weighted by Crippen LogP contribution is 2.29. The number of nitrogens with one attached hydrogen (secondary N) is 3. The average Bonchev–Trinajstić information content (AvgIpc) is 2.95. The molecule has 40 heavy (non-hydrogen) atoms. The van der Waals surface area contributed by atoms with Crippen LogP contribution in [0, 0.1) is 18.3 Å². The van der Waals surface area contributed by atoms with Gasteiger partial charge in [0.2, 0.25) is 0 Å². The Morgan fingerprint density at radius 2 is 1.62 bits per heavy atom. The molecule has 10 nitrogen and oxygen atoms in total. The molecule has 2 aromatic carbocycles. The summed E-state index contributed by atoms with van der Waals surface area (Å²) in [6, 6.07) is 13.9. The Bertz CT molecular complexity index is 1360. The molecule has 1 heterocycles. The number of carbonyl (C=O) groups is 2. The van der Waals surface area contributed by atoms with Crippen LogP contribution in [0.15, 0.2) is 42.5 Å². The Morgan fingerprint density at radius 1 is 0.975 bits per heavy atom. The second kappa shape index (κ2) is 12.8. The van der Waals surface area contributed by atoms with E-state index in [-0.39, 0.29) is 11.9 Å². The summed E-state index contributed by atoms with van der Waals surface area (Å²) in [5.41, 5.74) is 3.69. The predicted molar refractivity (Wildman–Crippen MR) is 154 cm³/mol. The maximum Gasteiger partial charge on any atom is 0.319 e. The monoisotopic (exact) mass is 566 g/mol. The molecule has 2 atom stereocenters. The summed E-state index contributed by atoms with van der Waals surface area (Å²) in [5, 5.41) is 14.8. The molecule has 2 fully saturated rings.